The number of aromatic nitrogens is 5. The number of fused-ring (bicyclic) bond motifs is 1. The van der Waals surface area contributed by atoms with Gasteiger partial charge in [-0.2, -0.15) is 5.10 Å². The highest BCUT2D eigenvalue weighted by molar-refractivity contribution is 5.92. The van der Waals surface area contributed by atoms with Gasteiger partial charge in [-0.15, -0.1) is 10.2 Å². The van der Waals surface area contributed by atoms with Crippen molar-refractivity contribution >= 4 is 11.8 Å². The molecule has 1 saturated carbocycles. The molecule has 0 unspecified atom stereocenters. The molecule has 9 heteroatoms. The summed E-state index contributed by atoms with van der Waals surface area (Å²) in [4.78, 5) is 27.4. The summed E-state index contributed by atoms with van der Waals surface area (Å²) in [6.07, 6.45) is 9.97. The van der Waals surface area contributed by atoms with Crippen LogP contribution in [0.1, 0.15) is 71.9 Å². The van der Waals surface area contributed by atoms with Crippen molar-refractivity contribution < 1.29 is 9.59 Å². The maximum atomic E-state index is 12.8. The Balaban J connectivity index is 1.26. The fraction of sp³-hybridized carbons (Fsp3) is 0.667. The van der Waals surface area contributed by atoms with Crippen molar-refractivity contribution in [2.45, 2.75) is 64.0 Å². The fourth-order valence-electron chi connectivity index (χ4n) is 5.25. The largest absolute Gasteiger partial charge is 0.347 e. The van der Waals surface area contributed by atoms with Crippen LogP contribution < -0.4 is 5.32 Å². The standard InChI is InChI=1S/C21H29N7O2/c1-26-11-7-16(25-26)20(30)27-12-9-21(10-13-27)8-6-17-23-24-18(28(17)14-21)19(29)22-15-4-2-3-5-15/h7,11,15H,2-6,8-10,12-14H2,1H3,(H,22,29). The van der Waals surface area contributed by atoms with Gasteiger partial charge in [0.15, 0.2) is 0 Å². The molecule has 30 heavy (non-hydrogen) atoms. The van der Waals surface area contributed by atoms with E-state index in [0.717, 1.165) is 64.0 Å². The second-order valence-corrected chi connectivity index (χ2v) is 9.15. The summed E-state index contributed by atoms with van der Waals surface area (Å²) in [5.41, 5.74) is 0.600. The molecule has 4 heterocycles. The first-order valence-electron chi connectivity index (χ1n) is 11.0. The molecular formula is C21H29N7O2. The predicted octanol–water partition coefficient (Wildman–Crippen LogP) is 1.55. The minimum absolute atomic E-state index is 0.00266. The van der Waals surface area contributed by atoms with Crippen LogP contribution in [-0.2, 0) is 20.0 Å². The summed E-state index contributed by atoms with van der Waals surface area (Å²) < 4.78 is 3.69. The number of piperidine rings is 1. The summed E-state index contributed by atoms with van der Waals surface area (Å²) in [7, 11) is 1.82. The zero-order valence-corrected chi connectivity index (χ0v) is 17.5. The van der Waals surface area contributed by atoms with E-state index < -0.39 is 0 Å². The van der Waals surface area contributed by atoms with Crippen LogP contribution in [0.25, 0.3) is 0 Å². The van der Waals surface area contributed by atoms with Crippen molar-refractivity contribution in [1.82, 2.24) is 34.8 Å². The zero-order chi connectivity index (χ0) is 20.7. The Bertz CT molecular complexity index is 948. The monoisotopic (exact) mass is 411 g/mol. The van der Waals surface area contributed by atoms with Gasteiger partial charge in [0.2, 0.25) is 5.82 Å². The third-order valence-electron chi connectivity index (χ3n) is 7.14. The Morgan fingerprint density at radius 1 is 1.13 bits per heavy atom. The first kappa shape index (κ1) is 19.3. The van der Waals surface area contributed by atoms with E-state index >= 15 is 0 Å². The molecule has 2 aromatic heterocycles. The summed E-state index contributed by atoms with van der Waals surface area (Å²) in [5.74, 6) is 1.26. The van der Waals surface area contributed by atoms with Gasteiger partial charge in [0.05, 0.1) is 0 Å². The summed E-state index contributed by atoms with van der Waals surface area (Å²) in [6.45, 7) is 2.20. The second kappa shape index (κ2) is 7.52. The molecule has 160 valence electrons. The number of nitrogens with one attached hydrogen (secondary N) is 1. The smallest absolute Gasteiger partial charge is 0.289 e. The number of aryl methyl sites for hydroxylation is 2. The normalized spacial score (nSPS) is 21.0. The van der Waals surface area contributed by atoms with E-state index in [1.54, 1.807) is 16.9 Å². The molecule has 2 amide bonds. The van der Waals surface area contributed by atoms with Crippen molar-refractivity contribution in [3.8, 4) is 0 Å². The fourth-order valence-corrected chi connectivity index (χ4v) is 5.25. The molecule has 0 bridgehead atoms. The average Bonchev–Trinajstić information content (AvgIpc) is 3.49. The van der Waals surface area contributed by atoms with Gasteiger partial charge in [0.25, 0.3) is 11.8 Å². The van der Waals surface area contributed by atoms with Gasteiger partial charge in [-0.25, -0.2) is 0 Å². The minimum Gasteiger partial charge on any atom is -0.347 e. The molecule has 9 nitrogen and oxygen atoms in total. The molecule has 1 N–H and O–H groups in total. The average molecular weight is 412 g/mol. The number of nitrogens with zero attached hydrogens (tertiary/aromatic N) is 6. The van der Waals surface area contributed by atoms with E-state index in [1.165, 1.54) is 12.8 Å². The van der Waals surface area contributed by atoms with Crippen LogP contribution in [0, 0.1) is 5.41 Å². The maximum absolute atomic E-state index is 12.8. The maximum Gasteiger partial charge on any atom is 0.289 e. The van der Waals surface area contributed by atoms with Crippen LogP contribution in [0.5, 0.6) is 0 Å². The number of rotatable bonds is 3. The molecule has 0 aromatic carbocycles. The number of carbonyl (C=O) groups excluding carboxylic acids is 2. The molecule has 2 fully saturated rings. The van der Waals surface area contributed by atoms with E-state index in [0.29, 0.717) is 11.5 Å². The number of likely N-dealkylation sites (tertiary alicyclic amines) is 1. The molecular weight excluding hydrogens is 382 g/mol. The number of amides is 2. The molecule has 5 rings (SSSR count). The van der Waals surface area contributed by atoms with Gasteiger partial charge in [-0.05, 0) is 43.6 Å². The van der Waals surface area contributed by atoms with Gasteiger partial charge >= 0.3 is 0 Å². The van der Waals surface area contributed by atoms with E-state index in [4.69, 9.17) is 0 Å². The quantitative estimate of drug-likeness (QED) is 0.826. The van der Waals surface area contributed by atoms with Crippen molar-refractivity contribution in [3.63, 3.8) is 0 Å². The van der Waals surface area contributed by atoms with Crippen molar-refractivity contribution in [1.29, 1.82) is 0 Å². The van der Waals surface area contributed by atoms with Gasteiger partial charge in [0, 0.05) is 45.3 Å². The number of hydrogen-bond donors (Lipinski definition) is 1. The SMILES string of the molecule is Cn1ccc(C(=O)N2CCC3(CCc4nnc(C(=O)NC5CCCC5)n4C3)CC2)n1. The lowest BCUT2D eigenvalue weighted by Crippen LogP contribution is -2.47. The van der Waals surface area contributed by atoms with Crippen LogP contribution in [0.4, 0.5) is 0 Å². The Morgan fingerprint density at radius 3 is 2.60 bits per heavy atom. The predicted molar refractivity (Wildman–Crippen MR) is 109 cm³/mol. The molecule has 0 atom stereocenters. The molecule has 2 aliphatic heterocycles. The summed E-state index contributed by atoms with van der Waals surface area (Å²) in [6, 6.07) is 2.04. The van der Waals surface area contributed by atoms with E-state index in [1.807, 2.05) is 16.5 Å². The lowest BCUT2D eigenvalue weighted by molar-refractivity contribution is 0.0459. The lowest BCUT2D eigenvalue weighted by Gasteiger charge is -2.44. The third kappa shape index (κ3) is 3.50. The van der Waals surface area contributed by atoms with Crippen LogP contribution >= 0.6 is 0 Å². The Kier molecular flexibility index (Phi) is 4.83. The Labute approximate surface area is 175 Å². The van der Waals surface area contributed by atoms with Crippen molar-refractivity contribution in [3.05, 3.63) is 29.6 Å². The zero-order valence-electron chi connectivity index (χ0n) is 17.5. The molecule has 1 aliphatic carbocycles. The molecule has 3 aliphatic rings. The summed E-state index contributed by atoms with van der Waals surface area (Å²) >= 11 is 0. The number of hydrogen-bond acceptors (Lipinski definition) is 5. The van der Waals surface area contributed by atoms with Crippen LogP contribution in [0.3, 0.4) is 0 Å². The van der Waals surface area contributed by atoms with Gasteiger partial charge in [-0.3, -0.25) is 14.3 Å². The molecule has 0 radical (unpaired) electrons. The number of carbonyl (C=O) groups is 2. The highest BCUT2D eigenvalue weighted by atomic mass is 16.2. The van der Waals surface area contributed by atoms with Crippen LogP contribution in [0.2, 0.25) is 0 Å². The van der Waals surface area contributed by atoms with E-state index in [9.17, 15) is 9.59 Å². The van der Waals surface area contributed by atoms with Crippen molar-refractivity contribution in [2.24, 2.45) is 12.5 Å². The highest BCUT2D eigenvalue weighted by Gasteiger charge is 2.41. The third-order valence-corrected chi connectivity index (χ3v) is 7.14. The Hall–Kier alpha value is -2.71. The van der Waals surface area contributed by atoms with Gasteiger partial charge < -0.3 is 14.8 Å². The lowest BCUT2D eigenvalue weighted by atomic mass is 9.73. The minimum atomic E-state index is -0.0968. The van der Waals surface area contributed by atoms with Gasteiger partial charge in [0.1, 0.15) is 11.5 Å². The van der Waals surface area contributed by atoms with Gasteiger partial charge in [-0.1, -0.05) is 12.8 Å². The molecule has 1 spiro atoms. The highest BCUT2D eigenvalue weighted by Crippen LogP contribution is 2.41. The first-order chi connectivity index (χ1) is 14.5. The Morgan fingerprint density at radius 2 is 1.90 bits per heavy atom. The second-order valence-electron chi connectivity index (χ2n) is 9.15. The summed E-state index contributed by atoms with van der Waals surface area (Å²) in [5, 5.41) is 15.9. The topological polar surface area (TPSA) is 97.9 Å². The van der Waals surface area contributed by atoms with Crippen LogP contribution in [-0.4, -0.2) is 60.4 Å². The van der Waals surface area contributed by atoms with E-state index in [2.05, 4.69) is 20.6 Å². The van der Waals surface area contributed by atoms with Crippen LogP contribution in [0.15, 0.2) is 12.3 Å². The van der Waals surface area contributed by atoms with Crippen molar-refractivity contribution in [2.75, 3.05) is 13.1 Å². The van der Waals surface area contributed by atoms with E-state index in [-0.39, 0.29) is 23.3 Å². The molecule has 1 saturated heterocycles. The molecule has 2 aromatic rings. The first-order valence-corrected chi connectivity index (χ1v) is 11.0.